The van der Waals surface area contributed by atoms with Gasteiger partial charge in [-0.15, -0.1) is 0 Å². The van der Waals surface area contributed by atoms with Crippen LogP contribution >= 0.6 is 0 Å². The summed E-state index contributed by atoms with van der Waals surface area (Å²) in [6, 6.07) is 0.418. The molecule has 0 aromatic carbocycles. The van der Waals surface area contributed by atoms with Gasteiger partial charge in [0, 0.05) is 25.7 Å². The van der Waals surface area contributed by atoms with Gasteiger partial charge in [0.05, 0.1) is 6.54 Å². The molecular weight excluding hydrogens is 230 g/mol. The van der Waals surface area contributed by atoms with E-state index in [0.717, 1.165) is 32.5 Å². The van der Waals surface area contributed by atoms with Crippen LogP contribution in [-0.2, 0) is 4.79 Å². The third-order valence-electron chi connectivity index (χ3n) is 3.46. The summed E-state index contributed by atoms with van der Waals surface area (Å²) in [4.78, 5) is 13.2. The van der Waals surface area contributed by atoms with E-state index in [1.165, 1.54) is 12.8 Å². The Labute approximate surface area is 110 Å². The first-order valence-corrected chi connectivity index (χ1v) is 7.00. The number of nitrogens with zero attached hydrogens (tertiary/aromatic N) is 1. The molecule has 5 heteroatoms. The fraction of sp³-hybridized carbons (Fsp3) is 0.923. The molecule has 0 bridgehead atoms. The SMILES string of the molecule is CCCC1CC(NCCCO)CN(CC(N)=O)C1. The van der Waals surface area contributed by atoms with E-state index in [4.69, 9.17) is 10.8 Å². The molecule has 0 aromatic rings. The lowest BCUT2D eigenvalue weighted by molar-refractivity contribution is -0.119. The third-order valence-corrected chi connectivity index (χ3v) is 3.46. The second-order valence-electron chi connectivity index (χ2n) is 5.28. The predicted molar refractivity (Wildman–Crippen MR) is 72.1 cm³/mol. The van der Waals surface area contributed by atoms with Crippen molar-refractivity contribution in [2.45, 2.75) is 38.6 Å². The molecule has 0 spiro atoms. The zero-order chi connectivity index (χ0) is 13.4. The summed E-state index contributed by atoms with van der Waals surface area (Å²) in [5, 5.41) is 12.3. The van der Waals surface area contributed by atoms with Crippen LogP contribution in [0.25, 0.3) is 0 Å². The largest absolute Gasteiger partial charge is 0.396 e. The summed E-state index contributed by atoms with van der Waals surface area (Å²) in [6.07, 6.45) is 4.32. The average molecular weight is 257 g/mol. The molecule has 2 atom stereocenters. The van der Waals surface area contributed by atoms with Crippen LogP contribution in [0, 0.1) is 5.92 Å². The molecule has 1 saturated heterocycles. The number of rotatable bonds is 8. The Morgan fingerprint density at radius 2 is 2.28 bits per heavy atom. The molecule has 0 saturated carbocycles. The number of aliphatic hydroxyl groups is 1. The molecule has 1 fully saturated rings. The lowest BCUT2D eigenvalue weighted by atomic mass is 9.90. The Kier molecular flexibility index (Phi) is 7.23. The van der Waals surface area contributed by atoms with E-state index in [0.29, 0.717) is 18.5 Å². The lowest BCUT2D eigenvalue weighted by Gasteiger charge is -2.37. The molecular formula is C13H27N3O2. The number of hydrogen-bond donors (Lipinski definition) is 3. The number of carbonyl (C=O) groups excluding carboxylic acids is 1. The third kappa shape index (κ3) is 5.80. The van der Waals surface area contributed by atoms with E-state index in [9.17, 15) is 4.79 Å². The first-order valence-electron chi connectivity index (χ1n) is 7.00. The molecule has 4 N–H and O–H groups in total. The van der Waals surface area contributed by atoms with E-state index in [1.807, 2.05) is 0 Å². The highest BCUT2D eigenvalue weighted by Crippen LogP contribution is 2.21. The molecule has 1 rings (SSSR count). The number of piperidine rings is 1. The predicted octanol–water partition coefficient (Wildman–Crippen LogP) is -0.0657. The second-order valence-corrected chi connectivity index (χ2v) is 5.28. The van der Waals surface area contributed by atoms with Gasteiger partial charge in [-0.25, -0.2) is 0 Å². The first-order chi connectivity index (χ1) is 8.65. The van der Waals surface area contributed by atoms with Gasteiger partial charge < -0.3 is 16.2 Å². The van der Waals surface area contributed by atoms with Crippen LogP contribution in [0.1, 0.15) is 32.6 Å². The Hall–Kier alpha value is -0.650. The number of aliphatic hydroxyl groups excluding tert-OH is 1. The number of amides is 1. The van der Waals surface area contributed by atoms with Crippen LogP contribution in [0.3, 0.4) is 0 Å². The van der Waals surface area contributed by atoms with E-state index < -0.39 is 0 Å². The number of carbonyl (C=O) groups is 1. The van der Waals surface area contributed by atoms with Crippen LogP contribution in [0.2, 0.25) is 0 Å². The fourth-order valence-corrected chi connectivity index (χ4v) is 2.80. The Morgan fingerprint density at radius 1 is 1.50 bits per heavy atom. The van der Waals surface area contributed by atoms with Gasteiger partial charge in [0.15, 0.2) is 0 Å². The molecule has 0 radical (unpaired) electrons. The topological polar surface area (TPSA) is 78.6 Å². The van der Waals surface area contributed by atoms with E-state index in [1.54, 1.807) is 0 Å². The fourth-order valence-electron chi connectivity index (χ4n) is 2.80. The molecule has 1 aliphatic heterocycles. The van der Waals surface area contributed by atoms with Crippen LogP contribution in [0.15, 0.2) is 0 Å². The van der Waals surface area contributed by atoms with Crippen LogP contribution in [0.5, 0.6) is 0 Å². The summed E-state index contributed by atoms with van der Waals surface area (Å²) in [7, 11) is 0. The maximum Gasteiger partial charge on any atom is 0.231 e. The van der Waals surface area contributed by atoms with E-state index in [2.05, 4.69) is 17.1 Å². The Bertz CT molecular complexity index is 248. The van der Waals surface area contributed by atoms with Crippen molar-refractivity contribution >= 4 is 5.91 Å². The number of nitrogens with two attached hydrogens (primary N) is 1. The number of nitrogens with one attached hydrogen (secondary N) is 1. The highest BCUT2D eigenvalue weighted by atomic mass is 16.3. The van der Waals surface area contributed by atoms with Crippen molar-refractivity contribution in [1.82, 2.24) is 10.2 Å². The smallest absolute Gasteiger partial charge is 0.231 e. The highest BCUT2D eigenvalue weighted by Gasteiger charge is 2.26. The van der Waals surface area contributed by atoms with Gasteiger partial charge in [-0.1, -0.05) is 13.3 Å². The monoisotopic (exact) mass is 257 g/mol. The Morgan fingerprint density at radius 3 is 2.89 bits per heavy atom. The molecule has 1 amide bonds. The van der Waals surface area contributed by atoms with Crippen LogP contribution < -0.4 is 11.1 Å². The minimum Gasteiger partial charge on any atom is -0.396 e. The summed E-state index contributed by atoms with van der Waals surface area (Å²) >= 11 is 0. The van der Waals surface area contributed by atoms with Gasteiger partial charge in [-0.05, 0) is 31.7 Å². The number of primary amides is 1. The van der Waals surface area contributed by atoms with Crippen molar-refractivity contribution < 1.29 is 9.90 Å². The number of hydrogen-bond acceptors (Lipinski definition) is 4. The van der Waals surface area contributed by atoms with Crippen molar-refractivity contribution in [2.75, 3.05) is 32.8 Å². The van der Waals surface area contributed by atoms with Crippen molar-refractivity contribution in [3.8, 4) is 0 Å². The van der Waals surface area contributed by atoms with Gasteiger partial charge in [-0.3, -0.25) is 9.69 Å². The van der Waals surface area contributed by atoms with Crippen molar-refractivity contribution in [1.29, 1.82) is 0 Å². The zero-order valence-corrected chi connectivity index (χ0v) is 11.4. The Balaban J connectivity index is 2.42. The summed E-state index contributed by atoms with van der Waals surface area (Å²) in [5.74, 6) is 0.399. The van der Waals surface area contributed by atoms with Gasteiger partial charge >= 0.3 is 0 Å². The minimum absolute atomic E-state index is 0.225. The first kappa shape index (κ1) is 15.4. The molecule has 1 aliphatic rings. The molecule has 18 heavy (non-hydrogen) atoms. The summed E-state index contributed by atoms with van der Waals surface area (Å²) < 4.78 is 0. The summed E-state index contributed by atoms with van der Waals surface area (Å²) in [5.41, 5.74) is 5.28. The van der Waals surface area contributed by atoms with Crippen molar-refractivity contribution in [3.63, 3.8) is 0 Å². The molecule has 1 heterocycles. The van der Waals surface area contributed by atoms with Crippen LogP contribution in [0.4, 0.5) is 0 Å². The standard InChI is InChI=1S/C13H27N3O2/c1-2-4-11-7-12(15-5-3-6-17)9-16(8-11)10-13(14)18/h11-12,15,17H,2-10H2,1H3,(H2,14,18). The van der Waals surface area contributed by atoms with Gasteiger partial charge in [0.25, 0.3) is 0 Å². The minimum atomic E-state index is -0.249. The molecule has 0 aromatic heterocycles. The van der Waals surface area contributed by atoms with E-state index in [-0.39, 0.29) is 12.5 Å². The maximum atomic E-state index is 11.0. The van der Waals surface area contributed by atoms with Crippen molar-refractivity contribution in [2.24, 2.45) is 11.7 Å². The lowest BCUT2D eigenvalue weighted by Crippen LogP contribution is -2.51. The van der Waals surface area contributed by atoms with Crippen LogP contribution in [-0.4, -0.2) is 54.7 Å². The zero-order valence-electron chi connectivity index (χ0n) is 11.4. The van der Waals surface area contributed by atoms with Crippen molar-refractivity contribution in [3.05, 3.63) is 0 Å². The average Bonchev–Trinajstić information content (AvgIpc) is 2.28. The molecule has 2 unspecified atom stereocenters. The summed E-state index contributed by atoms with van der Waals surface area (Å²) in [6.45, 7) is 5.48. The molecule has 106 valence electrons. The highest BCUT2D eigenvalue weighted by molar-refractivity contribution is 5.75. The number of likely N-dealkylation sites (tertiary alicyclic amines) is 1. The van der Waals surface area contributed by atoms with Gasteiger partial charge in [-0.2, -0.15) is 0 Å². The second kappa shape index (κ2) is 8.45. The van der Waals surface area contributed by atoms with E-state index >= 15 is 0 Å². The van der Waals surface area contributed by atoms with Gasteiger partial charge in [0.2, 0.25) is 5.91 Å². The molecule has 0 aliphatic carbocycles. The van der Waals surface area contributed by atoms with Gasteiger partial charge in [0.1, 0.15) is 0 Å². The molecule has 5 nitrogen and oxygen atoms in total. The normalized spacial score (nSPS) is 25.2. The quantitative estimate of drug-likeness (QED) is 0.532. The maximum absolute atomic E-state index is 11.0.